The van der Waals surface area contributed by atoms with E-state index in [1.165, 1.54) is 11.8 Å². The van der Waals surface area contributed by atoms with E-state index in [-0.39, 0.29) is 0 Å². The van der Waals surface area contributed by atoms with Crippen LogP contribution in [0.1, 0.15) is 20.8 Å². The van der Waals surface area contributed by atoms with Gasteiger partial charge in [-0.3, -0.25) is 4.84 Å². The maximum absolute atomic E-state index is 11.7. The molecule has 0 radical (unpaired) electrons. The minimum Gasteiger partial charge on any atom is -0.481 e. The molecular weight excluding hydrogens is 375 g/mol. The first-order chi connectivity index (χ1) is 9.30. The fourth-order valence-corrected chi connectivity index (χ4v) is 2.23. The molecule has 0 atom stereocenters. The maximum Gasteiger partial charge on any atom is 0.534 e. The van der Waals surface area contributed by atoms with Crippen molar-refractivity contribution in [2.75, 3.05) is 7.11 Å². The van der Waals surface area contributed by atoms with E-state index in [1.807, 2.05) is 6.07 Å². The lowest BCUT2D eigenvalue weighted by Crippen LogP contribution is -2.29. The summed E-state index contributed by atoms with van der Waals surface area (Å²) in [5.41, 5.74) is -0.113. The number of methoxy groups -OCH3 is 1. The summed E-state index contributed by atoms with van der Waals surface area (Å²) in [7, 11) is 1.53. The highest BCUT2D eigenvalue weighted by Crippen LogP contribution is 2.23. The fourth-order valence-electron chi connectivity index (χ4n) is 1.55. The number of nitrogens with zero attached hydrogens (tertiary/aromatic N) is 2. The Hall–Kier alpha value is -1.51. The number of carbonyl (C=O) groups is 1. The third-order valence-electron chi connectivity index (χ3n) is 2.32. The first kappa shape index (κ1) is 14.9. The lowest BCUT2D eigenvalue weighted by Gasteiger charge is -2.18. The smallest absolute Gasteiger partial charge is 0.481 e. The van der Waals surface area contributed by atoms with E-state index in [1.54, 1.807) is 33.0 Å². The van der Waals surface area contributed by atoms with Gasteiger partial charge in [-0.15, -0.1) is 0 Å². The first-order valence-electron chi connectivity index (χ1n) is 5.93. The minimum absolute atomic E-state index is 0.445. The Kier molecular flexibility index (Phi) is 4.07. The molecule has 0 N–H and O–H groups in total. The average molecular weight is 390 g/mol. The summed E-state index contributed by atoms with van der Waals surface area (Å²) < 4.78 is 12.4. The van der Waals surface area contributed by atoms with Crippen LogP contribution in [0.4, 0.5) is 4.79 Å². The molecule has 2 rings (SSSR count). The molecular formula is C13H15IN2O4. The number of rotatable bonds is 2. The Morgan fingerprint density at radius 3 is 2.65 bits per heavy atom. The van der Waals surface area contributed by atoms with Crippen molar-refractivity contribution in [3.8, 4) is 5.88 Å². The van der Waals surface area contributed by atoms with Crippen LogP contribution in [-0.2, 0) is 4.74 Å². The highest BCUT2D eigenvalue weighted by molar-refractivity contribution is 14.1. The molecule has 2 aromatic rings. The Labute approximate surface area is 130 Å². The van der Waals surface area contributed by atoms with Crippen LogP contribution in [0.25, 0.3) is 11.0 Å². The molecule has 0 aliphatic rings. The number of hydrogen-bond acceptors (Lipinski definition) is 5. The summed E-state index contributed by atoms with van der Waals surface area (Å²) in [6, 6.07) is 3.61. The normalized spacial score (nSPS) is 11.4. The van der Waals surface area contributed by atoms with Crippen LogP contribution in [0.5, 0.6) is 5.88 Å². The molecule has 108 valence electrons. The Morgan fingerprint density at radius 2 is 2.05 bits per heavy atom. The molecule has 0 amide bonds. The molecule has 0 fully saturated rings. The molecule has 6 nitrogen and oxygen atoms in total. The molecule has 2 heterocycles. The number of ether oxygens (including phenoxy) is 2. The summed E-state index contributed by atoms with van der Waals surface area (Å²) in [5.74, 6) is 0.445. The molecule has 20 heavy (non-hydrogen) atoms. The van der Waals surface area contributed by atoms with Crippen LogP contribution in [0.3, 0.4) is 0 Å². The van der Waals surface area contributed by atoms with Gasteiger partial charge in [0.15, 0.2) is 5.65 Å². The van der Waals surface area contributed by atoms with E-state index in [9.17, 15) is 4.79 Å². The molecule has 0 spiro atoms. The third kappa shape index (κ3) is 3.33. The van der Waals surface area contributed by atoms with Gasteiger partial charge in [0.1, 0.15) is 5.60 Å². The first-order valence-corrected chi connectivity index (χ1v) is 7.01. The Morgan fingerprint density at radius 1 is 1.35 bits per heavy atom. The minimum atomic E-state index is -0.782. The fraction of sp³-hybridized carbons (Fsp3) is 0.385. The number of halogens is 1. The second-order valence-electron chi connectivity index (χ2n) is 5.08. The van der Waals surface area contributed by atoms with Crippen LogP contribution in [0, 0.1) is 3.57 Å². The van der Waals surface area contributed by atoms with E-state index in [0.29, 0.717) is 11.5 Å². The summed E-state index contributed by atoms with van der Waals surface area (Å²) >= 11 is 2.14. The highest BCUT2D eigenvalue weighted by atomic mass is 127. The monoisotopic (exact) mass is 390 g/mol. The number of carbonyl (C=O) groups excluding carboxylic acids is 1. The van der Waals surface area contributed by atoms with Crippen molar-refractivity contribution in [1.29, 1.82) is 0 Å². The van der Waals surface area contributed by atoms with Gasteiger partial charge in [-0.2, -0.15) is 9.71 Å². The molecule has 0 aromatic carbocycles. The number of hydrogen-bond donors (Lipinski definition) is 0. The standard InChI is InChI=1S/C13H15IN2O4/c1-13(2,3)19-12(17)20-16-7-9(14)8-5-6-10(18-4)15-11(8)16/h5-7H,1-4H3. The van der Waals surface area contributed by atoms with E-state index in [0.717, 1.165) is 8.96 Å². The van der Waals surface area contributed by atoms with Crippen LogP contribution >= 0.6 is 22.6 Å². The number of pyridine rings is 1. The van der Waals surface area contributed by atoms with Gasteiger partial charge in [0, 0.05) is 15.0 Å². The molecule has 0 saturated carbocycles. The van der Waals surface area contributed by atoms with Gasteiger partial charge < -0.3 is 9.47 Å². The van der Waals surface area contributed by atoms with E-state index < -0.39 is 11.8 Å². The van der Waals surface area contributed by atoms with Gasteiger partial charge >= 0.3 is 6.16 Å². The topological polar surface area (TPSA) is 62.6 Å². The van der Waals surface area contributed by atoms with Crippen molar-refractivity contribution >= 4 is 39.8 Å². The number of aromatic nitrogens is 2. The van der Waals surface area contributed by atoms with Crippen molar-refractivity contribution in [1.82, 2.24) is 9.71 Å². The predicted octanol–water partition coefficient (Wildman–Crippen LogP) is 3.01. The van der Waals surface area contributed by atoms with Crippen molar-refractivity contribution in [2.45, 2.75) is 26.4 Å². The van der Waals surface area contributed by atoms with Crippen molar-refractivity contribution < 1.29 is 19.1 Å². The van der Waals surface area contributed by atoms with Crippen LogP contribution in [-0.4, -0.2) is 28.6 Å². The zero-order chi connectivity index (χ0) is 14.9. The van der Waals surface area contributed by atoms with Gasteiger partial charge in [-0.25, -0.2) is 4.79 Å². The van der Waals surface area contributed by atoms with Gasteiger partial charge in [0.2, 0.25) is 5.88 Å². The van der Waals surface area contributed by atoms with Gasteiger partial charge in [-0.1, -0.05) is 0 Å². The molecule has 0 aliphatic heterocycles. The largest absolute Gasteiger partial charge is 0.534 e. The van der Waals surface area contributed by atoms with Crippen LogP contribution in [0.15, 0.2) is 18.3 Å². The van der Waals surface area contributed by atoms with E-state index >= 15 is 0 Å². The summed E-state index contributed by atoms with van der Waals surface area (Å²) in [6.07, 6.45) is 0.886. The molecule has 0 bridgehead atoms. The second kappa shape index (κ2) is 5.47. The van der Waals surface area contributed by atoms with Gasteiger partial charge in [0.05, 0.1) is 13.3 Å². The lowest BCUT2D eigenvalue weighted by molar-refractivity contribution is -0.00906. The Balaban J connectivity index is 2.32. The van der Waals surface area contributed by atoms with E-state index in [4.69, 9.17) is 14.3 Å². The van der Waals surface area contributed by atoms with E-state index in [2.05, 4.69) is 27.6 Å². The third-order valence-corrected chi connectivity index (χ3v) is 3.18. The highest BCUT2D eigenvalue weighted by Gasteiger charge is 2.20. The summed E-state index contributed by atoms with van der Waals surface area (Å²) in [4.78, 5) is 21.1. The quantitative estimate of drug-likeness (QED) is 0.583. The zero-order valence-electron chi connectivity index (χ0n) is 11.6. The van der Waals surface area contributed by atoms with Crippen molar-refractivity contribution in [2.24, 2.45) is 0 Å². The molecule has 2 aromatic heterocycles. The molecule has 0 saturated heterocycles. The lowest BCUT2D eigenvalue weighted by atomic mass is 10.2. The SMILES string of the molecule is COc1ccc2c(I)cn(OC(=O)OC(C)(C)C)c2n1. The molecule has 0 unspecified atom stereocenters. The maximum atomic E-state index is 11.7. The van der Waals surface area contributed by atoms with Crippen LogP contribution < -0.4 is 9.57 Å². The van der Waals surface area contributed by atoms with Crippen LogP contribution in [0.2, 0.25) is 0 Å². The summed E-state index contributed by atoms with van der Waals surface area (Å²) in [6.45, 7) is 5.31. The molecule has 0 aliphatic carbocycles. The van der Waals surface area contributed by atoms with Crippen molar-refractivity contribution in [3.63, 3.8) is 0 Å². The van der Waals surface area contributed by atoms with Crippen molar-refractivity contribution in [3.05, 3.63) is 21.9 Å². The average Bonchev–Trinajstić information content (AvgIpc) is 2.63. The van der Waals surface area contributed by atoms with Gasteiger partial charge in [-0.05, 0) is 49.4 Å². The number of fused-ring (bicyclic) bond motifs is 1. The Bertz CT molecular complexity index is 646. The molecule has 7 heteroatoms. The summed E-state index contributed by atoms with van der Waals surface area (Å²) in [5, 5.41) is 0.870. The second-order valence-corrected chi connectivity index (χ2v) is 6.25. The predicted molar refractivity (Wildman–Crippen MR) is 81.8 cm³/mol. The van der Waals surface area contributed by atoms with Gasteiger partial charge in [0.25, 0.3) is 0 Å². The zero-order valence-corrected chi connectivity index (χ0v) is 13.8.